The Balaban J connectivity index is 1.18. The van der Waals surface area contributed by atoms with Crippen molar-refractivity contribution in [3.63, 3.8) is 0 Å². The molecule has 7 nitrogen and oxygen atoms in total. The molecule has 10 heteroatoms. The fourth-order valence-corrected chi connectivity index (χ4v) is 5.01. The van der Waals surface area contributed by atoms with Crippen LogP contribution >= 0.6 is 0 Å². The Hall–Kier alpha value is -3.95. The molecule has 0 amide bonds. The minimum atomic E-state index is -4.41. The Morgan fingerprint density at radius 1 is 1.08 bits per heavy atom. The van der Waals surface area contributed by atoms with Gasteiger partial charge in [-0.25, -0.2) is 14.8 Å². The first-order valence-corrected chi connectivity index (χ1v) is 11.7. The molecule has 1 fully saturated rings. The zero-order chi connectivity index (χ0) is 25.1. The topological polar surface area (TPSA) is 83.5 Å². The second kappa shape index (κ2) is 8.04. The van der Waals surface area contributed by atoms with E-state index in [1.54, 1.807) is 12.3 Å². The number of halogens is 3. The van der Waals surface area contributed by atoms with Gasteiger partial charge in [0, 0.05) is 43.4 Å². The number of alkyl halides is 3. The molecule has 0 unspecified atom stereocenters. The Bertz CT molecular complexity index is 1480. The molecule has 1 N–H and O–H groups in total. The summed E-state index contributed by atoms with van der Waals surface area (Å²) >= 11 is 0. The van der Waals surface area contributed by atoms with Gasteiger partial charge in [-0.05, 0) is 49.8 Å². The number of H-pyrrole nitrogens is 1. The molecule has 1 aromatic carbocycles. The number of carbonyl (C=O) groups is 1. The fraction of sp³-hybridized carbons (Fsp3) is 0.308. The summed E-state index contributed by atoms with van der Waals surface area (Å²) in [4.78, 5) is 31.3. The van der Waals surface area contributed by atoms with Crippen LogP contribution in [0.4, 0.5) is 13.2 Å². The number of hydrogen-bond acceptors (Lipinski definition) is 6. The molecule has 0 radical (unpaired) electrons. The number of esters is 1. The maximum atomic E-state index is 13.1. The highest BCUT2D eigenvalue weighted by atomic mass is 19.4. The zero-order valence-electron chi connectivity index (χ0n) is 19.4. The molecule has 2 aromatic heterocycles. The summed E-state index contributed by atoms with van der Waals surface area (Å²) in [6, 6.07) is 7.07. The number of piperidine rings is 1. The molecule has 6 rings (SSSR count). The van der Waals surface area contributed by atoms with Crippen molar-refractivity contribution >= 4 is 28.8 Å². The molecule has 3 aliphatic heterocycles. The number of benzene rings is 1. The summed E-state index contributed by atoms with van der Waals surface area (Å²) in [5.41, 5.74) is 2.19. The van der Waals surface area contributed by atoms with Crippen molar-refractivity contribution in [2.45, 2.75) is 38.0 Å². The lowest BCUT2D eigenvalue weighted by Gasteiger charge is -2.39. The number of nitrogens with zero attached hydrogens (tertiary/aromatic N) is 4. The first-order valence-electron chi connectivity index (χ1n) is 11.7. The van der Waals surface area contributed by atoms with Crippen LogP contribution in [0.25, 0.3) is 16.6 Å². The Morgan fingerprint density at radius 3 is 2.67 bits per heavy atom. The summed E-state index contributed by atoms with van der Waals surface area (Å²) in [5, 5.41) is 0. The Labute approximate surface area is 204 Å². The van der Waals surface area contributed by atoms with E-state index in [0.29, 0.717) is 60.3 Å². The normalized spacial score (nSPS) is 19.2. The standard InChI is InChI=1S/C26H22F3N5O2/c1-15-5-7-18-22(31-15)25(36-24(18)35)9-11-34(12-10-25)21-4-2-3-16(14-30-21)23-32-19-8-6-17(26(27,28)29)13-20(19)33-23/h3-8,13-14H,2,9-12H2,1H3,(H,32,33). The third-order valence-electron chi connectivity index (χ3n) is 6.93. The van der Waals surface area contributed by atoms with Gasteiger partial charge in [0.05, 0.1) is 27.9 Å². The highest BCUT2D eigenvalue weighted by Crippen LogP contribution is 2.43. The van der Waals surface area contributed by atoms with Gasteiger partial charge in [0.15, 0.2) is 5.60 Å². The lowest BCUT2D eigenvalue weighted by atomic mass is 9.87. The molecule has 0 saturated carbocycles. The summed E-state index contributed by atoms with van der Waals surface area (Å²) in [6.45, 7) is 3.19. The molecule has 1 spiro atoms. The molecule has 36 heavy (non-hydrogen) atoms. The van der Waals surface area contributed by atoms with Crippen LogP contribution in [0.5, 0.6) is 0 Å². The summed E-state index contributed by atoms with van der Waals surface area (Å²) in [7, 11) is 0. The number of aryl methyl sites for hydroxylation is 1. The molecular formula is C26H22F3N5O2. The Morgan fingerprint density at radius 2 is 1.89 bits per heavy atom. The third-order valence-corrected chi connectivity index (χ3v) is 6.93. The van der Waals surface area contributed by atoms with Crippen LogP contribution in [0.15, 0.2) is 53.3 Å². The van der Waals surface area contributed by atoms with E-state index in [1.807, 2.05) is 25.1 Å². The van der Waals surface area contributed by atoms with Gasteiger partial charge in [-0.2, -0.15) is 13.2 Å². The number of aromatic nitrogens is 3. The number of imidazole rings is 1. The second-order valence-electron chi connectivity index (χ2n) is 9.25. The molecule has 0 atom stereocenters. The van der Waals surface area contributed by atoms with Crippen LogP contribution < -0.4 is 0 Å². The van der Waals surface area contributed by atoms with E-state index in [9.17, 15) is 18.0 Å². The highest BCUT2D eigenvalue weighted by molar-refractivity contribution is 6.09. The van der Waals surface area contributed by atoms with Crippen molar-refractivity contribution in [2.24, 2.45) is 4.99 Å². The minimum absolute atomic E-state index is 0.320. The van der Waals surface area contributed by atoms with Crippen LogP contribution in [0.2, 0.25) is 0 Å². The van der Waals surface area contributed by atoms with Gasteiger partial charge in [-0.1, -0.05) is 6.08 Å². The quantitative estimate of drug-likeness (QED) is 0.500. The van der Waals surface area contributed by atoms with E-state index in [2.05, 4.69) is 24.8 Å². The van der Waals surface area contributed by atoms with Crippen LogP contribution in [0.3, 0.4) is 0 Å². The molecule has 3 aliphatic rings. The van der Waals surface area contributed by atoms with E-state index >= 15 is 0 Å². The SMILES string of the molecule is Cc1ccc2c(n1)C1(CCN(C3=CCC=C(c4nc5ccc(C(F)(F)F)cc5[nH]4)C=N3)CC1)OC2=O. The van der Waals surface area contributed by atoms with E-state index < -0.39 is 17.3 Å². The number of aromatic amines is 1. The lowest BCUT2D eigenvalue weighted by Crippen LogP contribution is -2.42. The number of nitrogens with one attached hydrogen (secondary N) is 1. The van der Waals surface area contributed by atoms with Crippen molar-refractivity contribution < 1.29 is 22.7 Å². The van der Waals surface area contributed by atoms with E-state index in [4.69, 9.17) is 4.74 Å². The van der Waals surface area contributed by atoms with Crippen LogP contribution in [-0.2, 0) is 16.5 Å². The molecular weight excluding hydrogens is 471 g/mol. The molecule has 0 aliphatic carbocycles. The maximum absolute atomic E-state index is 13.1. The second-order valence-corrected chi connectivity index (χ2v) is 9.25. The number of allylic oxidation sites excluding steroid dienone is 3. The number of fused-ring (bicyclic) bond motifs is 3. The maximum Gasteiger partial charge on any atom is 0.416 e. The fourth-order valence-electron chi connectivity index (χ4n) is 5.01. The van der Waals surface area contributed by atoms with Crippen LogP contribution in [-0.4, -0.2) is 45.1 Å². The molecule has 1 saturated heterocycles. The van der Waals surface area contributed by atoms with Crippen LogP contribution in [0.1, 0.15) is 52.4 Å². The van der Waals surface area contributed by atoms with E-state index in [1.165, 1.54) is 6.07 Å². The van der Waals surface area contributed by atoms with E-state index in [0.717, 1.165) is 29.3 Å². The number of carbonyl (C=O) groups excluding carboxylic acids is 1. The van der Waals surface area contributed by atoms with Crippen molar-refractivity contribution in [1.82, 2.24) is 19.9 Å². The number of pyridine rings is 1. The zero-order valence-corrected chi connectivity index (χ0v) is 19.4. The smallest absolute Gasteiger partial charge is 0.416 e. The minimum Gasteiger partial charge on any atom is -0.449 e. The molecule has 184 valence electrons. The summed E-state index contributed by atoms with van der Waals surface area (Å²) in [5.74, 6) is 0.948. The van der Waals surface area contributed by atoms with E-state index in [-0.39, 0.29) is 5.97 Å². The number of rotatable bonds is 2. The Kier molecular flexibility index (Phi) is 5.03. The van der Waals surface area contributed by atoms with Gasteiger partial charge < -0.3 is 14.6 Å². The lowest BCUT2D eigenvalue weighted by molar-refractivity contribution is -0.137. The molecule has 5 heterocycles. The third kappa shape index (κ3) is 3.77. The molecule has 3 aromatic rings. The van der Waals surface area contributed by atoms with Gasteiger partial charge in [0.25, 0.3) is 0 Å². The first kappa shape index (κ1) is 22.5. The molecule has 0 bridgehead atoms. The monoisotopic (exact) mass is 493 g/mol. The number of hydrogen-bond donors (Lipinski definition) is 1. The van der Waals surface area contributed by atoms with Gasteiger partial charge in [0.2, 0.25) is 0 Å². The number of aliphatic imine (C=N–C) groups is 1. The average Bonchev–Trinajstić information content (AvgIpc) is 3.26. The van der Waals surface area contributed by atoms with Gasteiger partial charge in [-0.15, -0.1) is 0 Å². The predicted molar refractivity (Wildman–Crippen MR) is 127 cm³/mol. The number of likely N-dealkylation sites (tertiary alicyclic amines) is 1. The predicted octanol–water partition coefficient (Wildman–Crippen LogP) is 5.15. The van der Waals surface area contributed by atoms with Crippen molar-refractivity contribution in [3.05, 3.63) is 76.6 Å². The summed E-state index contributed by atoms with van der Waals surface area (Å²) < 4.78 is 45.0. The van der Waals surface area contributed by atoms with Crippen molar-refractivity contribution in [3.8, 4) is 0 Å². The van der Waals surface area contributed by atoms with Gasteiger partial charge in [-0.3, -0.25) is 4.98 Å². The number of ether oxygens (including phenoxy) is 1. The highest BCUT2D eigenvalue weighted by Gasteiger charge is 2.49. The summed E-state index contributed by atoms with van der Waals surface area (Å²) in [6.07, 6.45) is 3.02. The average molecular weight is 493 g/mol. The van der Waals surface area contributed by atoms with Crippen molar-refractivity contribution in [2.75, 3.05) is 13.1 Å². The largest absolute Gasteiger partial charge is 0.449 e. The first-order chi connectivity index (χ1) is 17.2. The van der Waals surface area contributed by atoms with Gasteiger partial charge >= 0.3 is 12.1 Å². The van der Waals surface area contributed by atoms with Gasteiger partial charge in [0.1, 0.15) is 11.6 Å². The van der Waals surface area contributed by atoms with Crippen LogP contribution in [0, 0.1) is 6.92 Å². The van der Waals surface area contributed by atoms with Crippen molar-refractivity contribution in [1.29, 1.82) is 0 Å².